The van der Waals surface area contributed by atoms with Crippen LogP contribution in [0.15, 0.2) is 65.0 Å². The number of nitrogens with zero attached hydrogens (tertiary/aromatic N) is 3. The summed E-state index contributed by atoms with van der Waals surface area (Å²) in [7, 11) is 0. The lowest BCUT2D eigenvalue weighted by Gasteiger charge is -2.23. The van der Waals surface area contributed by atoms with Crippen molar-refractivity contribution in [3.8, 4) is 0 Å². The van der Waals surface area contributed by atoms with Crippen LogP contribution in [0, 0.1) is 11.8 Å². The topological polar surface area (TPSA) is 69.3 Å². The summed E-state index contributed by atoms with van der Waals surface area (Å²) >= 11 is 0. The Morgan fingerprint density at radius 2 is 1.80 bits per heavy atom. The Labute approximate surface area is 199 Å². The van der Waals surface area contributed by atoms with E-state index in [-0.39, 0.29) is 42.5 Å². The van der Waals surface area contributed by atoms with Gasteiger partial charge in [0, 0.05) is 43.6 Å². The Morgan fingerprint density at radius 1 is 1.14 bits per heavy atom. The van der Waals surface area contributed by atoms with Crippen molar-refractivity contribution in [2.45, 2.75) is 12.6 Å². The highest BCUT2D eigenvalue weighted by molar-refractivity contribution is 5.94. The molecule has 1 aromatic carbocycles. The second-order valence-electron chi connectivity index (χ2n) is 9.04. The number of likely N-dealkylation sites (tertiary alicyclic amines) is 2. The molecule has 2 aromatic rings. The molecule has 6 nitrogen and oxygen atoms in total. The number of halogens is 4. The monoisotopic (exact) mass is 490 g/mol. The minimum Gasteiger partial charge on any atom is -0.338 e. The number of carbonyl (C=O) groups is 1. The zero-order valence-electron chi connectivity index (χ0n) is 19.0. The number of alkyl halides is 4. The zero-order chi connectivity index (χ0) is 25.2. The molecule has 2 aliphatic rings. The van der Waals surface area contributed by atoms with Gasteiger partial charge in [-0.1, -0.05) is 36.9 Å². The number of amides is 1. The second kappa shape index (κ2) is 10.2. The summed E-state index contributed by atoms with van der Waals surface area (Å²) in [6, 6.07) is 6.99. The fraction of sp³-hybridized carbons (Fsp3) is 0.400. The minimum absolute atomic E-state index is 0.0426. The van der Waals surface area contributed by atoms with Crippen LogP contribution in [0.25, 0.3) is 10.8 Å². The lowest BCUT2D eigenvalue weighted by atomic mass is 10.0. The average Bonchev–Trinajstić information content (AvgIpc) is 3.36. The molecule has 1 aromatic heterocycles. The standard InChI is InChI=1S/C25H26F4N4O2/c1-2-5-16(9-22-20-6-3-4-7-21(20)23(34)31-30-22)8-17(10-26)24(35)33-13-18-11-32(12-19(18)14-33)15-25(27,28)29/h2-8,18-19H,1,9-15H2,(H,31,34)/b16-5+,17-8+. The number of rotatable bonds is 7. The van der Waals surface area contributed by atoms with Gasteiger partial charge >= 0.3 is 6.18 Å². The lowest BCUT2D eigenvalue weighted by molar-refractivity contribution is -0.144. The van der Waals surface area contributed by atoms with Gasteiger partial charge in [0.05, 0.1) is 17.6 Å². The number of fused-ring (bicyclic) bond motifs is 2. The van der Waals surface area contributed by atoms with Crippen molar-refractivity contribution in [1.29, 1.82) is 0 Å². The predicted octanol–water partition coefficient (Wildman–Crippen LogP) is 3.43. The van der Waals surface area contributed by atoms with Crippen molar-refractivity contribution in [1.82, 2.24) is 20.0 Å². The van der Waals surface area contributed by atoms with Gasteiger partial charge in [0.15, 0.2) is 0 Å². The molecule has 186 valence electrons. The van der Waals surface area contributed by atoms with Crippen LogP contribution in [0.2, 0.25) is 0 Å². The maximum Gasteiger partial charge on any atom is 0.401 e. The van der Waals surface area contributed by atoms with Crippen molar-refractivity contribution >= 4 is 16.7 Å². The van der Waals surface area contributed by atoms with Gasteiger partial charge in [-0.15, -0.1) is 0 Å². The van der Waals surface area contributed by atoms with Crippen LogP contribution in [0.3, 0.4) is 0 Å². The molecule has 1 N–H and O–H groups in total. The Morgan fingerprint density at radius 3 is 2.40 bits per heavy atom. The van der Waals surface area contributed by atoms with Gasteiger partial charge in [-0.05, 0) is 29.6 Å². The van der Waals surface area contributed by atoms with Gasteiger partial charge in [-0.2, -0.15) is 18.3 Å². The third-order valence-electron chi connectivity index (χ3n) is 6.51. The molecule has 2 fully saturated rings. The van der Waals surface area contributed by atoms with E-state index in [9.17, 15) is 27.2 Å². The zero-order valence-corrected chi connectivity index (χ0v) is 19.0. The molecular weight excluding hydrogens is 464 g/mol. The summed E-state index contributed by atoms with van der Waals surface area (Å²) in [6.45, 7) is 2.91. The van der Waals surface area contributed by atoms with Gasteiger partial charge in [0.1, 0.15) is 6.67 Å². The number of hydrogen-bond acceptors (Lipinski definition) is 4. The first-order chi connectivity index (χ1) is 16.7. The van der Waals surface area contributed by atoms with E-state index in [2.05, 4.69) is 16.8 Å². The Balaban J connectivity index is 1.49. The van der Waals surface area contributed by atoms with E-state index < -0.39 is 25.3 Å². The smallest absolute Gasteiger partial charge is 0.338 e. The fourth-order valence-electron chi connectivity index (χ4n) is 5.03. The van der Waals surface area contributed by atoms with Crippen molar-refractivity contribution in [3.63, 3.8) is 0 Å². The highest BCUT2D eigenvalue weighted by atomic mass is 19.4. The number of allylic oxidation sites excluding steroid dienone is 4. The molecular formula is C25H26F4N4O2. The summed E-state index contributed by atoms with van der Waals surface area (Å²) < 4.78 is 52.1. The van der Waals surface area contributed by atoms with Gasteiger partial charge in [0.2, 0.25) is 0 Å². The molecule has 2 aliphatic heterocycles. The van der Waals surface area contributed by atoms with Gasteiger partial charge in [0.25, 0.3) is 11.5 Å². The Hall–Kier alpha value is -3.27. The first kappa shape index (κ1) is 24.8. The number of nitrogens with one attached hydrogen (secondary N) is 1. The number of H-pyrrole nitrogens is 1. The summed E-state index contributed by atoms with van der Waals surface area (Å²) in [6.07, 6.45) is 0.624. The summed E-state index contributed by atoms with van der Waals surface area (Å²) in [4.78, 5) is 28.0. The number of carbonyl (C=O) groups excluding carboxylic acids is 1. The maximum absolute atomic E-state index is 14.0. The largest absolute Gasteiger partial charge is 0.401 e. The lowest BCUT2D eigenvalue weighted by Crippen LogP contribution is -2.37. The fourth-order valence-corrected chi connectivity index (χ4v) is 5.03. The SMILES string of the molecule is C=C/C=C(\C=C(/CF)C(=O)N1CC2CN(CC(F)(F)F)CC2C1)Cc1n[nH]c(=O)c2ccccc12. The highest BCUT2D eigenvalue weighted by Gasteiger charge is 2.44. The second-order valence-corrected chi connectivity index (χ2v) is 9.04. The van der Waals surface area contributed by atoms with E-state index in [1.165, 1.54) is 22.0 Å². The number of benzene rings is 1. The molecule has 4 rings (SSSR count). The first-order valence-electron chi connectivity index (χ1n) is 11.3. The van der Waals surface area contributed by atoms with Crippen molar-refractivity contribution in [2.75, 3.05) is 39.4 Å². The van der Waals surface area contributed by atoms with E-state index in [1.807, 2.05) is 0 Å². The van der Waals surface area contributed by atoms with E-state index in [0.29, 0.717) is 35.1 Å². The quantitative estimate of drug-likeness (QED) is 0.367. The third-order valence-corrected chi connectivity index (χ3v) is 6.51. The van der Waals surface area contributed by atoms with Gasteiger partial charge < -0.3 is 4.90 Å². The Bertz CT molecular complexity index is 1220. The molecule has 2 atom stereocenters. The van der Waals surface area contributed by atoms with Crippen LogP contribution in [0.4, 0.5) is 17.6 Å². The molecule has 10 heteroatoms. The summed E-state index contributed by atoms with van der Waals surface area (Å²) in [5.41, 5.74) is 0.790. The van der Waals surface area contributed by atoms with Crippen LogP contribution in [0.1, 0.15) is 5.69 Å². The number of hydrogen-bond donors (Lipinski definition) is 1. The molecule has 3 heterocycles. The van der Waals surface area contributed by atoms with E-state index in [0.717, 1.165) is 0 Å². The average molecular weight is 491 g/mol. The van der Waals surface area contributed by atoms with Crippen molar-refractivity contribution in [2.24, 2.45) is 11.8 Å². The van der Waals surface area contributed by atoms with Crippen molar-refractivity contribution < 1.29 is 22.4 Å². The van der Waals surface area contributed by atoms with Gasteiger partial charge in [-0.3, -0.25) is 14.5 Å². The molecule has 0 bridgehead atoms. The van der Waals surface area contributed by atoms with Crippen LogP contribution < -0.4 is 5.56 Å². The summed E-state index contributed by atoms with van der Waals surface area (Å²) in [5.74, 6) is -0.567. The molecule has 0 radical (unpaired) electrons. The van der Waals surface area contributed by atoms with Crippen molar-refractivity contribution in [3.05, 3.63) is 76.3 Å². The van der Waals surface area contributed by atoms with E-state index in [4.69, 9.17) is 0 Å². The molecule has 2 unspecified atom stereocenters. The predicted molar refractivity (Wildman–Crippen MR) is 124 cm³/mol. The van der Waals surface area contributed by atoms with Gasteiger partial charge in [-0.25, -0.2) is 9.49 Å². The van der Waals surface area contributed by atoms with E-state index >= 15 is 0 Å². The third kappa shape index (κ3) is 5.70. The molecule has 2 saturated heterocycles. The maximum atomic E-state index is 14.0. The molecule has 35 heavy (non-hydrogen) atoms. The molecule has 0 spiro atoms. The van der Waals surface area contributed by atoms with Crippen LogP contribution >= 0.6 is 0 Å². The minimum atomic E-state index is -4.25. The van der Waals surface area contributed by atoms with Crippen LogP contribution in [-0.2, 0) is 11.2 Å². The number of aromatic amines is 1. The van der Waals surface area contributed by atoms with Crippen LogP contribution in [-0.4, -0.2) is 71.5 Å². The summed E-state index contributed by atoms with van der Waals surface area (Å²) in [5, 5.41) is 7.73. The first-order valence-corrected chi connectivity index (χ1v) is 11.3. The molecule has 0 saturated carbocycles. The normalized spacial score (nSPS) is 21.5. The Kier molecular flexibility index (Phi) is 7.20. The molecule has 1 amide bonds. The highest BCUT2D eigenvalue weighted by Crippen LogP contribution is 2.33. The van der Waals surface area contributed by atoms with E-state index in [1.54, 1.807) is 30.3 Å². The molecule has 0 aliphatic carbocycles. The van der Waals surface area contributed by atoms with Crippen LogP contribution in [0.5, 0.6) is 0 Å². The number of aromatic nitrogens is 2.